The van der Waals surface area contributed by atoms with Gasteiger partial charge in [0.1, 0.15) is 5.82 Å². The molecule has 0 saturated carbocycles. The molecule has 0 bridgehead atoms. The van der Waals surface area contributed by atoms with Gasteiger partial charge in [0.05, 0.1) is 17.8 Å². The van der Waals surface area contributed by atoms with E-state index in [0.717, 1.165) is 17.2 Å². The zero-order valence-corrected chi connectivity index (χ0v) is 12.3. The summed E-state index contributed by atoms with van der Waals surface area (Å²) in [4.78, 5) is 12.3. The first-order valence-electron chi connectivity index (χ1n) is 7.00. The van der Waals surface area contributed by atoms with E-state index in [9.17, 15) is 14.3 Å². The third kappa shape index (κ3) is 3.09. The third-order valence-electron chi connectivity index (χ3n) is 3.66. The predicted molar refractivity (Wildman–Crippen MR) is 84.7 cm³/mol. The molecule has 5 heteroatoms. The minimum Gasteiger partial charge on any atom is -0.396 e. The third-order valence-corrected chi connectivity index (χ3v) is 3.66. The van der Waals surface area contributed by atoms with Gasteiger partial charge in [0.2, 0.25) is 0 Å². The molecule has 0 saturated heterocycles. The molecule has 4 N–H and O–H groups in total. The quantitative estimate of drug-likeness (QED) is 0.747. The number of anilines is 1. The Morgan fingerprint density at radius 1 is 1.55 bits per heavy atom. The summed E-state index contributed by atoms with van der Waals surface area (Å²) in [6.45, 7) is 5.59. The fourth-order valence-electron chi connectivity index (χ4n) is 2.54. The van der Waals surface area contributed by atoms with Crippen LogP contribution in [0.25, 0.3) is 0 Å². The first-order chi connectivity index (χ1) is 10.5. The monoisotopic (exact) mass is 302 g/mol. The van der Waals surface area contributed by atoms with E-state index < -0.39 is 23.9 Å². The van der Waals surface area contributed by atoms with E-state index in [1.54, 1.807) is 6.08 Å². The molecule has 1 aliphatic carbocycles. The summed E-state index contributed by atoms with van der Waals surface area (Å²) in [5.41, 5.74) is 7.36. The summed E-state index contributed by atoms with van der Waals surface area (Å²) in [5, 5.41) is 12.9. The highest BCUT2D eigenvalue weighted by atomic mass is 19.1. The molecular weight excluding hydrogens is 283 g/mol. The Hall–Kier alpha value is -2.40. The van der Waals surface area contributed by atoms with Crippen molar-refractivity contribution in [3.63, 3.8) is 0 Å². The Morgan fingerprint density at radius 3 is 2.86 bits per heavy atom. The number of carbonyl (C=O) groups is 1. The topological polar surface area (TPSA) is 75.4 Å². The number of rotatable bonds is 4. The first-order valence-corrected chi connectivity index (χ1v) is 7.00. The van der Waals surface area contributed by atoms with E-state index in [4.69, 9.17) is 5.73 Å². The van der Waals surface area contributed by atoms with E-state index in [0.29, 0.717) is 6.42 Å². The summed E-state index contributed by atoms with van der Waals surface area (Å²) in [6, 6.07) is 3.26. The molecule has 4 nitrogen and oxygen atoms in total. The summed E-state index contributed by atoms with van der Waals surface area (Å²) in [7, 11) is 0. The number of amides is 1. The lowest BCUT2D eigenvalue weighted by Crippen LogP contribution is -2.41. The Bertz CT molecular complexity index is 665. The molecule has 22 heavy (non-hydrogen) atoms. The van der Waals surface area contributed by atoms with Crippen molar-refractivity contribution >= 4 is 11.6 Å². The minimum atomic E-state index is -0.721. The Labute approximate surface area is 128 Å². The van der Waals surface area contributed by atoms with Crippen LogP contribution in [0.3, 0.4) is 0 Å². The highest BCUT2D eigenvalue weighted by molar-refractivity contribution is 5.95. The minimum absolute atomic E-state index is 0.0874. The van der Waals surface area contributed by atoms with Crippen molar-refractivity contribution in [1.29, 1.82) is 0 Å². The van der Waals surface area contributed by atoms with E-state index in [1.165, 1.54) is 12.1 Å². The van der Waals surface area contributed by atoms with Gasteiger partial charge in [-0.25, -0.2) is 4.39 Å². The van der Waals surface area contributed by atoms with Crippen LogP contribution < -0.4 is 11.1 Å². The molecule has 2 rings (SSSR count). The fraction of sp³-hybridized carbons (Fsp3) is 0.235. The van der Waals surface area contributed by atoms with Gasteiger partial charge < -0.3 is 16.2 Å². The second-order valence-corrected chi connectivity index (χ2v) is 5.14. The molecule has 0 aliphatic heterocycles. The van der Waals surface area contributed by atoms with Gasteiger partial charge in [-0.2, -0.15) is 0 Å². The second-order valence-electron chi connectivity index (χ2n) is 5.14. The standard InChI is InChI=1S/C17H19FN2O2/c1-3-5-12-10(4-2)9-15(21)16(12)20-17(22)11-6-7-13(18)14(19)8-11/h3-8,15-16,21H,2,9,19H2,1H3,(H,20,22)/b5-3-. The molecule has 0 radical (unpaired) electrons. The van der Waals surface area contributed by atoms with Crippen LogP contribution in [0.5, 0.6) is 0 Å². The number of hydrogen-bond acceptors (Lipinski definition) is 3. The van der Waals surface area contributed by atoms with Crippen LogP contribution in [0, 0.1) is 5.82 Å². The maximum Gasteiger partial charge on any atom is 0.251 e. The van der Waals surface area contributed by atoms with Crippen molar-refractivity contribution in [3.05, 3.63) is 65.5 Å². The van der Waals surface area contributed by atoms with Crippen molar-refractivity contribution in [3.8, 4) is 0 Å². The lowest BCUT2D eigenvalue weighted by molar-refractivity contribution is 0.0885. The molecule has 0 heterocycles. The normalized spacial score (nSPS) is 21.4. The highest BCUT2D eigenvalue weighted by Gasteiger charge is 2.32. The number of nitrogen functional groups attached to an aromatic ring is 1. The van der Waals surface area contributed by atoms with Crippen LogP contribution in [-0.4, -0.2) is 23.2 Å². The fourth-order valence-corrected chi connectivity index (χ4v) is 2.54. The van der Waals surface area contributed by atoms with Gasteiger partial charge in [-0.1, -0.05) is 24.8 Å². The van der Waals surface area contributed by atoms with Crippen molar-refractivity contribution in [2.45, 2.75) is 25.5 Å². The van der Waals surface area contributed by atoms with Crippen LogP contribution in [-0.2, 0) is 0 Å². The highest BCUT2D eigenvalue weighted by Crippen LogP contribution is 2.29. The number of hydrogen-bond donors (Lipinski definition) is 3. The molecule has 116 valence electrons. The maximum absolute atomic E-state index is 13.2. The van der Waals surface area contributed by atoms with E-state index in [2.05, 4.69) is 11.9 Å². The predicted octanol–water partition coefficient (Wildman–Crippen LogP) is 2.33. The summed E-state index contributed by atoms with van der Waals surface area (Å²) in [6.07, 6.45) is 5.07. The van der Waals surface area contributed by atoms with Crippen molar-refractivity contribution < 1.29 is 14.3 Å². The van der Waals surface area contributed by atoms with Crippen LogP contribution in [0.15, 0.2) is 54.2 Å². The molecule has 1 aliphatic rings. The van der Waals surface area contributed by atoms with E-state index >= 15 is 0 Å². The molecular formula is C17H19FN2O2. The van der Waals surface area contributed by atoms with Crippen LogP contribution in [0.4, 0.5) is 10.1 Å². The molecule has 2 unspecified atom stereocenters. The zero-order chi connectivity index (χ0) is 16.3. The van der Waals surface area contributed by atoms with Crippen LogP contribution in [0.2, 0.25) is 0 Å². The zero-order valence-electron chi connectivity index (χ0n) is 12.3. The number of allylic oxidation sites excluding steroid dienone is 2. The summed E-state index contributed by atoms with van der Waals surface area (Å²) < 4.78 is 13.2. The summed E-state index contributed by atoms with van der Waals surface area (Å²) >= 11 is 0. The average Bonchev–Trinajstić information content (AvgIpc) is 2.79. The maximum atomic E-state index is 13.2. The number of nitrogens with two attached hydrogens (primary N) is 1. The number of carbonyl (C=O) groups excluding carboxylic acids is 1. The average molecular weight is 302 g/mol. The van der Waals surface area contributed by atoms with Crippen molar-refractivity contribution in [1.82, 2.24) is 5.32 Å². The lowest BCUT2D eigenvalue weighted by atomic mass is 10.1. The first kappa shape index (κ1) is 16.0. The van der Waals surface area contributed by atoms with Gasteiger partial charge >= 0.3 is 0 Å². The molecule has 1 aromatic rings. The van der Waals surface area contributed by atoms with Gasteiger partial charge in [0.25, 0.3) is 5.91 Å². The van der Waals surface area contributed by atoms with Gasteiger partial charge in [-0.05, 0) is 36.3 Å². The number of nitrogens with one attached hydrogen (secondary N) is 1. The van der Waals surface area contributed by atoms with E-state index in [1.807, 2.05) is 19.1 Å². The summed E-state index contributed by atoms with van der Waals surface area (Å²) in [5.74, 6) is -0.982. The number of halogens is 1. The van der Waals surface area contributed by atoms with Crippen LogP contribution >= 0.6 is 0 Å². The SMILES string of the molecule is C=CC1=C(/C=C\C)C(NC(=O)c2ccc(F)c(N)c2)C(O)C1. The molecule has 1 amide bonds. The molecule has 1 aromatic carbocycles. The molecule has 0 spiro atoms. The Balaban J connectivity index is 2.24. The number of aliphatic hydroxyl groups excluding tert-OH is 1. The largest absolute Gasteiger partial charge is 0.396 e. The van der Waals surface area contributed by atoms with Gasteiger partial charge in [0, 0.05) is 12.0 Å². The van der Waals surface area contributed by atoms with Gasteiger partial charge in [0.15, 0.2) is 0 Å². The lowest BCUT2D eigenvalue weighted by Gasteiger charge is -2.19. The van der Waals surface area contributed by atoms with Crippen LogP contribution in [0.1, 0.15) is 23.7 Å². The van der Waals surface area contributed by atoms with Crippen molar-refractivity contribution in [2.75, 3.05) is 5.73 Å². The number of aliphatic hydroxyl groups is 1. The van der Waals surface area contributed by atoms with Gasteiger partial charge in [-0.3, -0.25) is 4.79 Å². The molecule has 0 fully saturated rings. The van der Waals surface area contributed by atoms with Crippen molar-refractivity contribution in [2.24, 2.45) is 0 Å². The molecule has 0 aromatic heterocycles. The number of benzene rings is 1. The molecule has 2 atom stereocenters. The van der Waals surface area contributed by atoms with E-state index in [-0.39, 0.29) is 11.3 Å². The Kier molecular flexibility index (Phi) is 4.78. The smallest absolute Gasteiger partial charge is 0.251 e. The Morgan fingerprint density at radius 2 is 2.27 bits per heavy atom. The van der Waals surface area contributed by atoms with Gasteiger partial charge in [-0.15, -0.1) is 0 Å². The second kappa shape index (κ2) is 6.58.